The number of halogens is 2. The summed E-state index contributed by atoms with van der Waals surface area (Å²) in [6, 6.07) is 4.26. The summed E-state index contributed by atoms with van der Waals surface area (Å²) in [7, 11) is 0. The molecule has 0 amide bonds. The normalized spacial score (nSPS) is 23.1. The van der Waals surface area contributed by atoms with Crippen molar-refractivity contribution < 1.29 is 8.78 Å². The fourth-order valence-electron chi connectivity index (χ4n) is 3.52. The number of nitrogens with zero attached hydrogens (tertiary/aromatic N) is 1. The molecule has 0 unspecified atom stereocenters. The highest BCUT2D eigenvalue weighted by molar-refractivity contribution is 5.18. The molecule has 2 aliphatic rings. The van der Waals surface area contributed by atoms with Crippen LogP contribution in [-0.4, -0.2) is 30.1 Å². The van der Waals surface area contributed by atoms with E-state index in [0.717, 1.165) is 31.7 Å². The Labute approximate surface area is 112 Å². The van der Waals surface area contributed by atoms with Crippen molar-refractivity contribution in [2.45, 2.75) is 37.8 Å². The second-order valence-corrected chi connectivity index (χ2v) is 5.78. The van der Waals surface area contributed by atoms with Crippen molar-refractivity contribution in [1.82, 2.24) is 10.2 Å². The van der Waals surface area contributed by atoms with Crippen LogP contribution in [0.25, 0.3) is 0 Å². The third-order valence-electron chi connectivity index (χ3n) is 4.58. The summed E-state index contributed by atoms with van der Waals surface area (Å²) < 4.78 is 26.3. The zero-order chi connectivity index (χ0) is 13.3. The van der Waals surface area contributed by atoms with Crippen LogP contribution in [-0.2, 0) is 6.54 Å². The molecule has 0 atom stereocenters. The Kier molecular flexibility index (Phi) is 3.54. The predicted molar refractivity (Wildman–Crippen MR) is 70.8 cm³/mol. The van der Waals surface area contributed by atoms with Crippen LogP contribution >= 0.6 is 0 Å². The number of hydrogen-bond donors (Lipinski definition) is 1. The summed E-state index contributed by atoms with van der Waals surface area (Å²) in [5.74, 6) is -1.51. The molecule has 4 heteroatoms. The average Bonchev–Trinajstić information content (AvgIpc) is 2.86. The number of nitrogens with one attached hydrogen (secondary N) is 1. The number of piperazine rings is 1. The number of hydrogen-bond acceptors (Lipinski definition) is 2. The van der Waals surface area contributed by atoms with Crippen molar-refractivity contribution in [3.8, 4) is 0 Å². The maximum Gasteiger partial charge on any atom is 0.159 e. The van der Waals surface area contributed by atoms with Crippen molar-refractivity contribution in [2.75, 3.05) is 19.6 Å². The van der Waals surface area contributed by atoms with Crippen LogP contribution in [0.4, 0.5) is 8.78 Å². The smallest absolute Gasteiger partial charge is 0.159 e. The molecule has 0 radical (unpaired) electrons. The average molecular weight is 266 g/mol. The van der Waals surface area contributed by atoms with Gasteiger partial charge in [-0.1, -0.05) is 18.9 Å². The molecule has 2 nitrogen and oxygen atoms in total. The summed E-state index contributed by atoms with van der Waals surface area (Å²) in [4.78, 5) is 2.46. The lowest BCUT2D eigenvalue weighted by Gasteiger charge is -2.45. The van der Waals surface area contributed by atoms with Gasteiger partial charge in [0, 0.05) is 31.7 Å². The Bertz CT molecular complexity index is 455. The molecule has 0 aromatic heterocycles. The maximum absolute atomic E-state index is 13.3. The van der Waals surface area contributed by atoms with Gasteiger partial charge in [-0.25, -0.2) is 8.78 Å². The summed E-state index contributed by atoms with van der Waals surface area (Å²) in [6.07, 6.45) is 4.97. The van der Waals surface area contributed by atoms with E-state index >= 15 is 0 Å². The van der Waals surface area contributed by atoms with Crippen LogP contribution in [0.1, 0.15) is 31.2 Å². The first kappa shape index (κ1) is 13.0. The van der Waals surface area contributed by atoms with Crippen molar-refractivity contribution in [2.24, 2.45) is 0 Å². The SMILES string of the molecule is Fc1ccc(CN2CCNCC23CCCC3)cc1F. The maximum atomic E-state index is 13.3. The number of benzene rings is 1. The molecule has 1 saturated heterocycles. The zero-order valence-electron chi connectivity index (χ0n) is 11.1. The fraction of sp³-hybridized carbons (Fsp3) is 0.600. The van der Waals surface area contributed by atoms with Gasteiger partial charge in [0.05, 0.1) is 0 Å². The van der Waals surface area contributed by atoms with Crippen LogP contribution in [0.2, 0.25) is 0 Å². The van der Waals surface area contributed by atoms with Gasteiger partial charge in [-0.05, 0) is 30.5 Å². The van der Waals surface area contributed by atoms with Gasteiger partial charge in [-0.15, -0.1) is 0 Å². The Balaban J connectivity index is 1.78. The van der Waals surface area contributed by atoms with Gasteiger partial charge in [-0.3, -0.25) is 4.90 Å². The van der Waals surface area contributed by atoms with Crippen molar-refractivity contribution >= 4 is 0 Å². The lowest BCUT2D eigenvalue weighted by atomic mass is 9.92. The largest absolute Gasteiger partial charge is 0.314 e. The van der Waals surface area contributed by atoms with Crippen LogP contribution < -0.4 is 5.32 Å². The highest BCUT2D eigenvalue weighted by Crippen LogP contribution is 2.36. The molecular formula is C15H20F2N2. The van der Waals surface area contributed by atoms with E-state index < -0.39 is 11.6 Å². The monoisotopic (exact) mass is 266 g/mol. The molecule has 1 spiro atoms. The van der Waals surface area contributed by atoms with Crippen LogP contribution in [0.3, 0.4) is 0 Å². The third-order valence-corrected chi connectivity index (χ3v) is 4.58. The quantitative estimate of drug-likeness (QED) is 0.885. The minimum absolute atomic E-state index is 0.239. The van der Waals surface area contributed by atoms with Gasteiger partial charge < -0.3 is 5.32 Å². The lowest BCUT2D eigenvalue weighted by molar-refractivity contribution is 0.0571. The highest BCUT2D eigenvalue weighted by atomic mass is 19.2. The molecule has 1 aliphatic carbocycles. The van der Waals surface area contributed by atoms with Crippen molar-refractivity contribution in [1.29, 1.82) is 0 Å². The topological polar surface area (TPSA) is 15.3 Å². The predicted octanol–water partition coefficient (Wildman–Crippen LogP) is 2.68. The van der Waals surface area contributed by atoms with E-state index in [9.17, 15) is 8.78 Å². The second kappa shape index (κ2) is 5.17. The van der Waals surface area contributed by atoms with E-state index in [1.807, 2.05) is 0 Å². The van der Waals surface area contributed by atoms with E-state index in [4.69, 9.17) is 0 Å². The molecule has 1 aromatic rings. The standard InChI is InChI=1S/C15H20F2N2/c16-13-4-3-12(9-14(13)17)10-19-8-7-18-11-15(19)5-1-2-6-15/h3-4,9,18H,1-2,5-8,10-11H2. The lowest BCUT2D eigenvalue weighted by Crippen LogP contribution is -2.59. The second-order valence-electron chi connectivity index (χ2n) is 5.78. The van der Waals surface area contributed by atoms with Gasteiger partial charge in [0.2, 0.25) is 0 Å². The first-order valence-corrected chi connectivity index (χ1v) is 7.09. The first-order valence-electron chi connectivity index (χ1n) is 7.09. The van der Waals surface area contributed by atoms with E-state index in [-0.39, 0.29) is 5.54 Å². The molecular weight excluding hydrogens is 246 g/mol. The van der Waals surface area contributed by atoms with Crippen LogP contribution in [0.5, 0.6) is 0 Å². The minimum atomic E-state index is -0.764. The molecule has 104 valence electrons. The summed E-state index contributed by atoms with van der Waals surface area (Å²) in [5, 5.41) is 3.48. The summed E-state index contributed by atoms with van der Waals surface area (Å²) >= 11 is 0. The fourth-order valence-corrected chi connectivity index (χ4v) is 3.52. The molecule has 2 fully saturated rings. The van der Waals surface area contributed by atoms with Crippen LogP contribution in [0, 0.1) is 11.6 Å². The molecule has 1 aromatic carbocycles. The van der Waals surface area contributed by atoms with E-state index in [0.29, 0.717) is 0 Å². The van der Waals surface area contributed by atoms with E-state index in [1.165, 1.54) is 37.8 Å². The third kappa shape index (κ3) is 2.51. The minimum Gasteiger partial charge on any atom is -0.314 e. The summed E-state index contributed by atoms with van der Waals surface area (Å²) in [5.41, 5.74) is 1.11. The van der Waals surface area contributed by atoms with E-state index in [2.05, 4.69) is 10.2 Å². The van der Waals surface area contributed by atoms with Gasteiger partial charge in [0.1, 0.15) is 0 Å². The Morgan fingerprint density at radius 3 is 2.68 bits per heavy atom. The molecule has 1 heterocycles. The molecule has 1 aliphatic heterocycles. The first-order chi connectivity index (χ1) is 9.20. The van der Waals surface area contributed by atoms with Gasteiger partial charge in [-0.2, -0.15) is 0 Å². The van der Waals surface area contributed by atoms with Gasteiger partial charge in [0.25, 0.3) is 0 Å². The van der Waals surface area contributed by atoms with Crippen LogP contribution in [0.15, 0.2) is 18.2 Å². The molecule has 19 heavy (non-hydrogen) atoms. The number of rotatable bonds is 2. The summed E-state index contributed by atoms with van der Waals surface area (Å²) in [6.45, 7) is 3.71. The van der Waals surface area contributed by atoms with Crippen molar-refractivity contribution in [3.63, 3.8) is 0 Å². The molecule has 1 N–H and O–H groups in total. The molecule has 1 saturated carbocycles. The molecule has 3 rings (SSSR count). The Morgan fingerprint density at radius 2 is 1.95 bits per heavy atom. The van der Waals surface area contributed by atoms with Crippen molar-refractivity contribution in [3.05, 3.63) is 35.4 Å². The zero-order valence-corrected chi connectivity index (χ0v) is 11.1. The Morgan fingerprint density at radius 1 is 1.16 bits per heavy atom. The van der Waals surface area contributed by atoms with E-state index in [1.54, 1.807) is 6.07 Å². The Hall–Kier alpha value is -1.00. The highest BCUT2D eigenvalue weighted by Gasteiger charge is 2.40. The van der Waals surface area contributed by atoms with Gasteiger partial charge >= 0.3 is 0 Å². The van der Waals surface area contributed by atoms with Gasteiger partial charge in [0.15, 0.2) is 11.6 Å². The molecule has 0 bridgehead atoms.